The van der Waals surface area contributed by atoms with Crippen LogP contribution in [0.5, 0.6) is 0 Å². The Kier molecular flexibility index (Phi) is 6.31. The first-order valence-corrected chi connectivity index (χ1v) is 10.9. The van der Waals surface area contributed by atoms with Gasteiger partial charge in [0.1, 0.15) is 0 Å². The molecule has 1 aliphatic heterocycles. The van der Waals surface area contributed by atoms with Crippen LogP contribution in [0, 0.1) is 0 Å². The number of sulfonamides is 1. The topological polar surface area (TPSA) is 60.9 Å². The molecule has 0 spiro atoms. The van der Waals surface area contributed by atoms with E-state index in [0.717, 1.165) is 5.69 Å². The molecule has 0 unspecified atom stereocenters. The summed E-state index contributed by atoms with van der Waals surface area (Å²) in [6.07, 6.45) is 0. The molecule has 8 heteroatoms. The van der Waals surface area contributed by atoms with Gasteiger partial charge in [0.05, 0.1) is 11.4 Å². The molecule has 0 aliphatic carbocycles. The fourth-order valence-corrected chi connectivity index (χ4v) is 5.40. The molecule has 0 N–H and O–H groups in total. The quantitative estimate of drug-likeness (QED) is 0.700. The van der Waals surface area contributed by atoms with Crippen LogP contribution in [0.15, 0.2) is 64.0 Å². The number of nitrogens with zero attached hydrogens (tertiary/aromatic N) is 3. The molecule has 3 rings (SSSR count). The second kappa shape index (κ2) is 8.52. The summed E-state index contributed by atoms with van der Waals surface area (Å²) in [5.74, 6) is -0.0108. The van der Waals surface area contributed by atoms with Crippen molar-refractivity contribution in [2.45, 2.75) is 4.90 Å². The Morgan fingerprint density at radius 1 is 1.00 bits per heavy atom. The molecule has 1 fully saturated rings. The van der Waals surface area contributed by atoms with Crippen molar-refractivity contribution in [2.75, 3.05) is 44.7 Å². The van der Waals surface area contributed by atoms with Crippen molar-refractivity contribution in [3.05, 3.63) is 59.1 Å². The number of amides is 1. The van der Waals surface area contributed by atoms with Gasteiger partial charge in [-0.15, -0.1) is 0 Å². The minimum absolute atomic E-state index is 0.0108. The molecule has 6 nitrogen and oxygen atoms in total. The maximum absolute atomic E-state index is 12.8. The fourth-order valence-electron chi connectivity index (χ4n) is 3.01. The highest BCUT2D eigenvalue weighted by molar-refractivity contribution is 9.10. The van der Waals surface area contributed by atoms with E-state index in [1.807, 2.05) is 35.2 Å². The summed E-state index contributed by atoms with van der Waals surface area (Å²) in [6.45, 7) is 2.06. The van der Waals surface area contributed by atoms with Gasteiger partial charge in [-0.05, 0) is 40.2 Å². The van der Waals surface area contributed by atoms with E-state index in [1.54, 1.807) is 36.2 Å². The van der Waals surface area contributed by atoms with Gasteiger partial charge in [-0.3, -0.25) is 9.69 Å². The van der Waals surface area contributed by atoms with E-state index in [0.29, 0.717) is 30.7 Å². The number of carbonyl (C=O) groups excluding carboxylic acids is 1. The van der Waals surface area contributed by atoms with E-state index in [4.69, 9.17) is 0 Å². The summed E-state index contributed by atoms with van der Waals surface area (Å²) in [5, 5.41) is 0. The van der Waals surface area contributed by atoms with Crippen molar-refractivity contribution in [1.82, 2.24) is 9.21 Å². The highest BCUT2D eigenvalue weighted by Crippen LogP contribution is 2.25. The van der Waals surface area contributed by atoms with Crippen molar-refractivity contribution in [2.24, 2.45) is 0 Å². The molecule has 2 aromatic carbocycles. The van der Waals surface area contributed by atoms with Crippen LogP contribution >= 0.6 is 15.9 Å². The van der Waals surface area contributed by atoms with Crippen LogP contribution < -0.4 is 4.90 Å². The number of hydrogen-bond acceptors (Lipinski definition) is 4. The summed E-state index contributed by atoms with van der Waals surface area (Å²) in [5.41, 5.74) is 0.845. The minimum Gasteiger partial charge on any atom is -0.314 e. The van der Waals surface area contributed by atoms with E-state index in [2.05, 4.69) is 15.9 Å². The molecular weight excluding hydrogens is 430 g/mol. The SMILES string of the molecule is CN(C(=O)CN1CCN(S(=O)(=O)c2ccccc2Br)CC1)c1ccccc1. The first-order chi connectivity index (χ1) is 12.9. The first-order valence-electron chi connectivity index (χ1n) is 8.68. The second-order valence-electron chi connectivity index (χ2n) is 6.40. The molecule has 144 valence electrons. The summed E-state index contributed by atoms with van der Waals surface area (Å²) < 4.78 is 27.7. The monoisotopic (exact) mass is 451 g/mol. The average Bonchev–Trinajstić information content (AvgIpc) is 2.68. The Morgan fingerprint density at radius 2 is 1.59 bits per heavy atom. The third-order valence-electron chi connectivity index (χ3n) is 4.66. The Hall–Kier alpha value is -1.74. The number of piperazine rings is 1. The van der Waals surface area contributed by atoms with Gasteiger partial charge in [0, 0.05) is 43.4 Å². The molecule has 0 saturated carbocycles. The maximum Gasteiger partial charge on any atom is 0.244 e. The van der Waals surface area contributed by atoms with Crippen molar-refractivity contribution < 1.29 is 13.2 Å². The predicted molar refractivity (Wildman–Crippen MR) is 109 cm³/mol. The Bertz CT molecular complexity index is 897. The fraction of sp³-hybridized carbons (Fsp3) is 0.316. The number of halogens is 1. The van der Waals surface area contributed by atoms with E-state index in [-0.39, 0.29) is 17.3 Å². The Morgan fingerprint density at radius 3 is 2.22 bits per heavy atom. The van der Waals surface area contributed by atoms with E-state index in [9.17, 15) is 13.2 Å². The van der Waals surface area contributed by atoms with Crippen molar-refractivity contribution in [3.8, 4) is 0 Å². The smallest absolute Gasteiger partial charge is 0.244 e. The molecule has 0 aromatic heterocycles. The van der Waals surface area contributed by atoms with Gasteiger partial charge in [-0.25, -0.2) is 8.42 Å². The van der Waals surface area contributed by atoms with E-state index in [1.165, 1.54) is 4.31 Å². The third kappa shape index (κ3) is 4.57. The van der Waals surface area contributed by atoms with Gasteiger partial charge >= 0.3 is 0 Å². The van der Waals surface area contributed by atoms with Crippen LogP contribution in [-0.2, 0) is 14.8 Å². The van der Waals surface area contributed by atoms with Crippen molar-refractivity contribution >= 4 is 37.5 Å². The standard InChI is InChI=1S/C19H22BrN3O3S/c1-21(16-7-3-2-4-8-16)19(24)15-22-11-13-23(14-12-22)27(25,26)18-10-6-5-9-17(18)20/h2-10H,11-15H2,1H3. The molecule has 2 aromatic rings. The molecular formula is C19H22BrN3O3S. The minimum atomic E-state index is -3.54. The Labute approximate surface area is 168 Å². The number of hydrogen-bond donors (Lipinski definition) is 0. The molecule has 0 radical (unpaired) electrons. The summed E-state index contributed by atoms with van der Waals surface area (Å²) in [7, 11) is -1.78. The summed E-state index contributed by atoms with van der Waals surface area (Å²) >= 11 is 3.31. The van der Waals surface area contributed by atoms with Gasteiger partial charge in [-0.2, -0.15) is 4.31 Å². The zero-order valence-electron chi connectivity index (χ0n) is 15.1. The predicted octanol–water partition coefficient (Wildman–Crippen LogP) is 2.42. The van der Waals surface area contributed by atoms with Crippen LogP contribution in [0.3, 0.4) is 0 Å². The van der Waals surface area contributed by atoms with Crippen molar-refractivity contribution in [3.63, 3.8) is 0 Å². The number of likely N-dealkylation sites (N-methyl/N-ethyl adjacent to an activating group) is 1. The highest BCUT2D eigenvalue weighted by atomic mass is 79.9. The largest absolute Gasteiger partial charge is 0.314 e. The molecule has 1 aliphatic rings. The maximum atomic E-state index is 12.8. The van der Waals surface area contributed by atoms with Crippen molar-refractivity contribution in [1.29, 1.82) is 0 Å². The zero-order chi connectivity index (χ0) is 19.4. The van der Waals surface area contributed by atoms with Crippen LogP contribution in [0.2, 0.25) is 0 Å². The highest BCUT2D eigenvalue weighted by Gasteiger charge is 2.30. The summed E-state index contributed by atoms with van der Waals surface area (Å²) in [4.78, 5) is 16.4. The molecule has 0 atom stereocenters. The molecule has 0 bridgehead atoms. The van der Waals surface area contributed by atoms with E-state index < -0.39 is 10.0 Å². The third-order valence-corrected chi connectivity index (χ3v) is 7.57. The van der Waals surface area contributed by atoms with Crippen LogP contribution in [-0.4, -0.2) is 63.3 Å². The first kappa shape index (κ1) is 20.0. The average molecular weight is 452 g/mol. The molecule has 27 heavy (non-hydrogen) atoms. The molecule has 1 heterocycles. The number of rotatable bonds is 5. The number of carbonyl (C=O) groups is 1. The van der Waals surface area contributed by atoms with Gasteiger partial charge in [-0.1, -0.05) is 30.3 Å². The Balaban J connectivity index is 1.59. The lowest BCUT2D eigenvalue weighted by molar-refractivity contribution is -0.119. The van der Waals surface area contributed by atoms with Crippen LogP contribution in [0.4, 0.5) is 5.69 Å². The van der Waals surface area contributed by atoms with Gasteiger partial charge in [0.2, 0.25) is 15.9 Å². The van der Waals surface area contributed by atoms with Crippen LogP contribution in [0.25, 0.3) is 0 Å². The van der Waals surface area contributed by atoms with E-state index >= 15 is 0 Å². The lowest BCUT2D eigenvalue weighted by atomic mass is 10.3. The van der Waals surface area contributed by atoms with Gasteiger partial charge < -0.3 is 4.90 Å². The molecule has 1 saturated heterocycles. The lowest BCUT2D eigenvalue weighted by Crippen LogP contribution is -2.51. The number of para-hydroxylation sites is 1. The second-order valence-corrected chi connectivity index (χ2v) is 9.16. The number of benzene rings is 2. The number of anilines is 1. The van der Waals surface area contributed by atoms with Gasteiger partial charge in [0.25, 0.3) is 0 Å². The molecule has 1 amide bonds. The lowest BCUT2D eigenvalue weighted by Gasteiger charge is -2.34. The zero-order valence-corrected chi connectivity index (χ0v) is 17.5. The normalized spacial score (nSPS) is 16.2. The van der Waals surface area contributed by atoms with Crippen LogP contribution in [0.1, 0.15) is 0 Å². The van der Waals surface area contributed by atoms with Gasteiger partial charge in [0.15, 0.2) is 0 Å². The summed E-state index contributed by atoms with van der Waals surface area (Å²) in [6, 6.07) is 16.3.